The standard InChI is InChI=1S/C20H16Cl2N6/c21-13-7-8-14(16(22)12-13)20-26-17-5-2-1-4-15(17)19(27-20)24-11-10-23-18-6-3-9-25-28-18/h1-9,12H,10-11H2,(H,23,28)(H,24,26,27). The maximum absolute atomic E-state index is 6.35. The number of hydrogen-bond acceptors (Lipinski definition) is 6. The highest BCUT2D eigenvalue weighted by molar-refractivity contribution is 6.36. The van der Waals surface area contributed by atoms with Crippen molar-refractivity contribution in [1.82, 2.24) is 20.2 Å². The van der Waals surface area contributed by atoms with Crippen LogP contribution in [-0.2, 0) is 0 Å². The zero-order valence-electron chi connectivity index (χ0n) is 14.7. The average Bonchev–Trinajstić information content (AvgIpc) is 2.72. The van der Waals surface area contributed by atoms with Crippen molar-refractivity contribution in [3.05, 3.63) is 70.8 Å². The molecule has 0 saturated heterocycles. The van der Waals surface area contributed by atoms with Crippen LogP contribution in [-0.4, -0.2) is 33.3 Å². The van der Waals surface area contributed by atoms with Crippen molar-refractivity contribution < 1.29 is 0 Å². The lowest BCUT2D eigenvalue weighted by Crippen LogP contribution is -2.15. The number of aromatic nitrogens is 4. The molecule has 0 atom stereocenters. The fraction of sp³-hybridized carbons (Fsp3) is 0.100. The SMILES string of the molecule is Clc1ccc(-c2nc(NCCNc3cccnn3)c3ccccc3n2)c(Cl)c1. The molecule has 6 nitrogen and oxygen atoms in total. The van der Waals surface area contributed by atoms with Crippen molar-refractivity contribution >= 4 is 45.7 Å². The molecule has 0 radical (unpaired) electrons. The van der Waals surface area contributed by atoms with E-state index in [4.69, 9.17) is 28.2 Å². The van der Waals surface area contributed by atoms with Crippen LogP contribution in [0.4, 0.5) is 11.6 Å². The lowest BCUT2D eigenvalue weighted by Gasteiger charge is -2.12. The fourth-order valence-electron chi connectivity index (χ4n) is 2.77. The molecule has 4 rings (SSSR count). The minimum absolute atomic E-state index is 0.512. The first-order valence-electron chi connectivity index (χ1n) is 8.68. The van der Waals surface area contributed by atoms with E-state index in [-0.39, 0.29) is 0 Å². The van der Waals surface area contributed by atoms with Crippen LogP contribution in [0.3, 0.4) is 0 Å². The van der Waals surface area contributed by atoms with Gasteiger partial charge in [-0.3, -0.25) is 0 Å². The van der Waals surface area contributed by atoms with Crippen molar-refractivity contribution in [2.75, 3.05) is 23.7 Å². The number of rotatable bonds is 6. The molecule has 0 amide bonds. The first-order valence-corrected chi connectivity index (χ1v) is 9.44. The van der Waals surface area contributed by atoms with Crippen molar-refractivity contribution in [1.29, 1.82) is 0 Å². The van der Waals surface area contributed by atoms with E-state index >= 15 is 0 Å². The third kappa shape index (κ3) is 4.13. The van der Waals surface area contributed by atoms with Crippen LogP contribution in [0, 0.1) is 0 Å². The molecule has 0 aliphatic carbocycles. The van der Waals surface area contributed by atoms with Gasteiger partial charge < -0.3 is 10.6 Å². The number of para-hydroxylation sites is 1. The number of nitrogens with zero attached hydrogens (tertiary/aromatic N) is 4. The van der Waals surface area contributed by atoms with Gasteiger partial charge in [-0.15, -0.1) is 5.10 Å². The minimum Gasteiger partial charge on any atom is -0.368 e. The van der Waals surface area contributed by atoms with Crippen molar-refractivity contribution in [3.63, 3.8) is 0 Å². The number of halogens is 2. The van der Waals surface area contributed by atoms with Gasteiger partial charge in [0.25, 0.3) is 0 Å². The first-order chi connectivity index (χ1) is 13.7. The topological polar surface area (TPSA) is 75.6 Å². The zero-order valence-corrected chi connectivity index (χ0v) is 16.2. The Hall–Kier alpha value is -2.96. The molecule has 2 aromatic heterocycles. The second kappa shape index (κ2) is 8.37. The highest BCUT2D eigenvalue weighted by Gasteiger charge is 2.12. The molecule has 0 spiro atoms. The number of benzene rings is 2. The normalized spacial score (nSPS) is 10.8. The quantitative estimate of drug-likeness (QED) is 0.439. The molecule has 140 valence electrons. The molecule has 28 heavy (non-hydrogen) atoms. The summed E-state index contributed by atoms with van der Waals surface area (Å²) in [5.41, 5.74) is 1.57. The van der Waals surface area contributed by atoms with Gasteiger partial charge in [-0.25, -0.2) is 9.97 Å². The van der Waals surface area contributed by atoms with Crippen molar-refractivity contribution in [2.24, 2.45) is 0 Å². The van der Waals surface area contributed by atoms with Gasteiger partial charge in [0.05, 0.1) is 10.5 Å². The van der Waals surface area contributed by atoms with Gasteiger partial charge in [0.1, 0.15) is 11.6 Å². The second-order valence-electron chi connectivity index (χ2n) is 6.00. The first kappa shape index (κ1) is 18.4. The molecule has 0 aliphatic rings. The molecule has 8 heteroatoms. The highest BCUT2D eigenvalue weighted by atomic mass is 35.5. The van der Waals surface area contributed by atoms with E-state index in [1.165, 1.54) is 0 Å². The van der Waals surface area contributed by atoms with Crippen LogP contribution in [0.1, 0.15) is 0 Å². The molecule has 0 fully saturated rings. The van der Waals surface area contributed by atoms with E-state index in [0.29, 0.717) is 29.0 Å². The Morgan fingerprint density at radius 3 is 2.54 bits per heavy atom. The van der Waals surface area contributed by atoms with E-state index in [9.17, 15) is 0 Å². The van der Waals surface area contributed by atoms with E-state index in [1.807, 2.05) is 42.5 Å². The van der Waals surface area contributed by atoms with Crippen LogP contribution in [0.15, 0.2) is 60.8 Å². The average molecular weight is 411 g/mol. The van der Waals surface area contributed by atoms with E-state index in [0.717, 1.165) is 28.1 Å². The molecule has 0 unspecified atom stereocenters. The molecule has 2 aromatic carbocycles. The van der Waals surface area contributed by atoms with Gasteiger partial charge in [-0.05, 0) is 42.5 Å². The summed E-state index contributed by atoms with van der Waals surface area (Å²) < 4.78 is 0. The summed E-state index contributed by atoms with van der Waals surface area (Å²) in [5, 5.41) is 16.5. The Balaban J connectivity index is 1.59. The highest BCUT2D eigenvalue weighted by Crippen LogP contribution is 2.31. The number of fused-ring (bicyclic) bond motifs is 1. The molecule has 4 aromatic rings. The number of anilines is 2. The smallest absolute Gasteiger partial charge is 0.163 e. The van der Waals surface area contributed by atoms with Crippen LogP contribution in [0.2, 0.25) is 10.0 Å². The summed E-state index contributed by atoms with van der Waals surface area (Å²) >= 11 is 12.4. The summed E-state index contributed by atoms with van der Waals surface area (Å²) in [6.45, 7) is 1.30. The largest absolute Gasteiger partial charge is 0.368 e. The van der Waals surface area contributed by atoms with Crippen LogP contribution in [0.5, 0.6) is 0 Å². The summed E-state index contributed by atoms with van der Waals surface area (Å²) in [6, 6.07) is 16.8. The van der Waals surface area contributed by atoms with Gasteiger partial charge in [0.15, 0.2) is 5.82 Å². The Kier molecular flexibility index (Phi) is 5.50. The van der Waals surface area contributed by atoms with Gasteiger partial charge in [0.2, 0.25) is 0 Å². The third-order valence-electron chi connectivity index (χ3n) is 4.07. The maximum atomic E-state index is 6.35. The molecule has 0 saturated carbocycles. The van der Waals surface area contributed by atoms with E-state index < -0.39 is 0 Å². The molecular weight excluding hydrogens is 395 g/mol. The predicted octanol–water partition coefficient (Wildman–Crippen LogP) is 4.92. The molecule has 2 N–H and O–H groups in total. The van der Waals surface area contributed by atoms with E-state index in [1.54, 1.807) is 18.3 Å². The van der Waals surface area contributed by atoms with Crippen molar-refractivity contribution in [3.8, 4) is 11.4 Å². The van der Waals surface area contributed by atoms with Crippen molar-refractivity contribution in [2.45, 2.75) is 0 Å². The number of nitrogens with one attached hydrogen (secondary N) is 2. The summed E-state index contributed by atoms with van der Waals surface area (Å²) in [7, 11) is 0. The van der Waals surface area contributed by atoms with Gasteiger partial charge in [0, 0.05) is 35.3 Å². The third-order valence-corrected chi connectivity index (χ3v) is 4.62. The molecule has 0 bridgehead atoms. The molecular formula is C20H16Cl2N6. The molecule has 2 heterocycles. The summed E-state index contributed by atoms with van der Waals surface area (Å²) in [6.07, 6.45) is 1.64. The van der Waals surface area contributed by atoms with Crippen LogP contribution >= 0.6 is 23.2 Å². The van der Waals surface area contributed by atoms with Gasteiger partial charge in [-0.2, -0.15) is 5.10 Å². The van der Waals surface area contributed by atoms with E-state index in [2.05, 4.69) is 25.8 Å². The fourth-order valence-corrected chi connectivity index (χ4v) is 3.26. The number of hydrogen-bond donors (Lipinski definition) is 2. The minimum atomic E-state index is 0.512. The second-order valence-corrected chi connectivity index (χ2v) is 6.84. The Morgan fingerprint density at radius 2 is 1.71 bits per heavy atom. The van der Waals surface area contributed by atoms with Crippen LogP contribution < -0.4 is 10.6 Å². The molecule has 0 aliphatic heterocycles. The van der Waals surface area contributed by atoms with Gasteiger partial charge in [-0.1, -0.05) is 35.3 Å². The Labute approximate surface area is 172 Å². The lowest BCUT2D eigenvalue weighted by molar-refractivity contribution is 0.988. The zero-order chi connectivity index (χ0) is 19.3. The summed E-state index contributed by atoms with van der Waals surface area (Å²) in [5.74, 6) is 2.02. The van der Waals surface area contributed by atoms with Gasteiger partial charge >= 0.3 is 0 Å². The van der Waals surface area contributed by atoms with Crippen LogP contribution in [0.25, 0.3) is 22.3 Å². The Morgan fingerprint density at radius 1 is 0.857 bits per heavy atom. The monoisotopic (exact) mass is 410 g/mol. The maximum Gasteiger partial charge on any atom is 0.163 e. The predicted molar refractivity (Wildman–Crippen MR) is 114 cm³/mol. The lowest BCUT2D eigenvalue weighted by atomic mass is 10.2. The summed E-state index contributed by atoms with van der Waals surface area (Å²) in [4.78, 5) is 9.36. The Bertz CT molecular complexity index is 1100.